The lowest BCUT2D eigenvalue weighted by atomic mass is 9.95. The summed E-state index contributed by atoms with van der Waals surface area (Å²) < 4.78 is 42.7. The molecule has 4 aromatic rings. The van der Waals surface area contributed by atoms with Gasteiger partial charge in [0.25, 0.3) is 0 Å². The van der Waals surface area contributed by atoms with E-state index in [2.05, 4.69) is 69.0 Å². The molecule has 1 unspecified atom stereocenters. The highest BCUT2D eigenvalue weighted by molar-refractivity contribution is 8.14. The molecule has 12 heteroatoms. The summed E-state index contributed by atoms with van der Waals surface area (Å²) in [5.41, 5.74) is 5.98. The molecule has 0 spiro atoms. The van der Waals surface area contributed by atoms with Gasteiger partial charge < -0.3 is 15.0 Å². The second-order valence-electron chi connectivity index (χ2n) is 11.2. The first kappa shape index (κ1) is 32.1. The normalized spacial score (nSPS) is 15.4. The molecule has 2 heterocycles. The Morgan fingerprint density at radius 2 is 1.80 bits per heavy atom. The third kappa shape index (κ3) is 8.05. The van der Waals surface area contributed by atoms with E-state index >= 15 is 0 Å². The second kappa shape index (κ2) is 13.8. The lowest BCUT2D eigenvalue weighted by Crippen LogP contribution is -2.37. The molecule has 1 aliphatic heterocycles. The maximum Gasteiger partial charge on any atom is 0.573 e. The van der Waals surface area contributed by atoms with Crippen molar-refractivity contribution in [2.45, 2.75) is 52.3 Å². The third-order valence-corrected chi connectivity index (χ3v) is 8.54. The van der Waals surface area contributed by atoms with Crippen LogP contribution in [0.4, 0.5) is 23.7 Å². The predicted octanol–water partition coefficient (Wildman–Crippen LogP) is 8.08. The second-order valence-corrected chi connectivity index (χ2v) is 12.2. The van der Waals surface area contributed by atoms with Crippen LogP contribution in [0.3, 0.4) is 0 Å². The highest BCUT2D eigenvalue weighted by Crippen LogP contribution is 2.34. The van der Waals surface area contributed by atoms with Crippen LogP contribution < -0.4 is 15.0 Å². The fourth-order valence-corrected chi connectivity index (χ4v) is 6.24. The van der Waals surface area contributed by atoms with Crippen molar-refractivity contribution in [3.05, 3.63) is 89.7 Å². The number of thioether (sulfide) groups is 1. The van der Waals surface area contributed by atoms with Crippen molar-refractivity contribution >= 4 is 28.6 Å². The van der Waals surface area contributed by atoms with Gasteiger partial charge in [-0.3, -0.25) is 0 Å². The minimum Gasteiger partial charge on any atom is -0.406 e. The average Bonchev–Trinajstić information content (AvgIpc) is 3.50. The number of hydrogen-bond acceptors (Lipinski definition) is 5. The number of amides is 2. The molecule has 1 saturated heterocycles. The Labute approximate surface area is 264 Å². The Hall–Kier alpha value is -4.32. The smallest absolute Gasteiger partial charge is 0.406 e. The molecule has 1 fully saturated rings. The van der Waals surface area contributed by atoms with Gasteiger partial charge in [-0.05, 0) is 72.2 Å². The minimum atomic E-state index is -4.75. The molecule has 1 aliphatic rings. The summed E-state index contributed by atoms with van der Waals surface area (Å²) in [4.78, 5) is 23.9. The Morgan fingerprint density at radius 1 is 1.07 bits per heavy atom. The molecule has 1 atom stereocenters. The Morgan fingerprint density at radius 3 is 2.49 bits per heavy atom. The standard InChI is InChI=1S/C33H35F3N6O2S/c1-21(2)29-22(3)7-5-8-28(29)41-17-6-18-45-32(41)39-31(43)37-19-23(4)24-9-11-25(12-10-24)30-38-20-42(40-30)26-13-15-27(16-14-26)44-33(34,35)36/h5,7-16,20-21,23H,6,17-19H2,1-4H3,(H,37,43). The fourth-order valence-electron chi connectivity index (χ4n) is 5.29. The third-order valence-electron chi connectivity index (χ3n) is 7.48. The van der Waals surface area contributed by atoms with Crippen molar-refractivity contribution < 1.29 is 22.7 Å². The lowest BCUT2D eigenvalue weighted by Gasteiger charge is -2.32. The maximum atomic E-state index is 12.9. The first-order valence-corrected chi connectivity index (χ1v) is 15.7. The zero-order valence-electron chi connectivity index (χ0n) is 25.5. The topological polar surface area (TPSA) is 84.6 Å². The van der Waals surface area contributed by atoms with Crippen LogP contribution in [0, 0.1) is 6.92 Å². The van der Waals surface area contributed by atoms with Gasteiger partial charge in [-0.25, -0.2) is 14.5 Å². The van der Waals surface area contributed by atoms with E-state index in [0.717, 1.165) is 40.7 Å². The quantitative estimate of drug-likeness (QED) is 0.211. The number of hydrogen-bond donors (Lipinski definition) is 1. The van der Waals surface area contributed by atoms with Crippen LogP contribution in [-0.4, -0.2) is 51.2 Å². The van der Waals surface area contributed by atoms with Crippen LogP contribution in [0.15, 0.2) is 78.0 Å². The predicted molar refractivity (Wildman–Crippen MR) is 172 cm³/mol. The number of alkyl halides is 3. The lowest BCUT2D eigenvalue weighted by molar-refractivity contribution is -0.274. The average molecular weight is 637 g/mol. The van der Waals surface area contributed by atoms with Gasteiger partial charge in [0.2, 0.25) is 0 Å². The van der Waals surface area contributed by atoms with E-state index in [1.54, 1.807) is 11.8 Å². The highest BCUT2D eigenvalue weighted by Gasteiger charge is 2.31. The van der Waals surface area contributed by atoms with Crippen LogP contribution in [0.1, 0.15) is 55.7 Å². The zero-order valence-corrected chi connectivity index (χ0v) is 26.3. The number of benzene rings is 3. The summed E-state index contributed by atoms with van der Waals surface area (Å²) in [6.07, 6.45) is -2.23. The van der Waals surface area contributed by atoms with E-state index in [9.17, 15) is 18.0 Å². The van der Waals surface area contributed by atoms with Crippen LogP contribution in [0.5, 0.6) is 5.75 Å². The zero-order chi connectivity index (χ0) is 32.1. The summed E-state index contributed by atoms with van der Waals surface area (Å²) >= 11 is 1.61. The molecule has 1 N–H and O–H groups in total. The number of nitrogens with one attached hydrogen (secondary N) is 1. The van der Waals surface area contributed by atoms with Gasteiger partial charge in [-0.2, -0.15) is 4.99 Å². The van der Waals surface area contributed by atoms with Crippen molar-refractivity contribution in [3.63, 3.8) is 0 Å². The molecular weight excluding hydrogens is 601 g/mol. The SMILES string of the molecule is Cc1cccc(N2CCCSC2=NC(=O)NCC(C)c2ccc(-c3ncn(-c4ccc(OC(F)(F)F)cc4)n3)cc2)c1C(C)C. The summed E-state index contributed by atoms with van der Waals surface area (Å²) in [6, 6.07) is 19.1. The number of aryl methyl sites for hydroxylation is 1. The number of aromatic nitrogens is 3. The van der Waals surface area contributed by atoms with Gasteiger partial charge in [-0.15, -0.1) is 18.3 Å². The largest absolute Gasteiger partial charge is 0.573 e. The molecule has 0 saturated carbocycles. The van der Waals surface area contributed by atoms with E-state index in [-0.39, 0.29) is 17.7 Å². The molecular formula is C33H35F3N6O2S. The molecule has 8 nitrogen and oxygen atoms in total. The van der Waals surface area contributed by atoms with Crippen molar-refractivity contribution in [3.8, 4) is 22.8 Å². The molecule has 236 valence electrons. The van der Waals surface area contributed by atoms with Crippen LogP contribution in [-0.2, 0) is 0 Å². The molecule has 0 aliphatic carbocycles. The number of ether oxygens (including phenoxy) is 1. The molecule has 3 aromatic carbocycles. The number of aliphatic imine (C=N–C) groups is 1. The number of urea groups is 1. The van der Waals surface area contributed by atoms with Gasteiger partial charge in [0, 0.05) is 30.1 Å². The summed E-state index contributed by atoms with van der Waals surface area (Å²) in [6.45, 7) is 9.77. The van der Waals surface area contributed by atoms with Crippen LogP contribution >= 0.6 is 11.8 Å². The van der Waals surface area contributed by atoms with E-state index < -0.39 is 6.36 Å². The molecule has 2 amide bonds. The van der Waals surface area contributed by atoms with Crippen molar-refractivity contribution in [1.29, 1.82) is 0 Å². The maximum absolute atomic E-state index is 12.9. The van der Waals surface area contributed by atoms with E-state index in [1.165, 1.54) is 46.4 Å². The summed E-state index contributed by atoms with van der Waals surface area (Å²) in [5.74, 6) is 1.47. The van der Waals surface area contributed by atoms with Crippen LogP contribution in [0.2, 0.25) is 0 Å². The van der Waals surface area contributed by atoms with Crippen molar-refractivity contribution in [2.24, 2.45) is 4.99 Å². The Bertz CT molecular complexity index is 1650. The molecule has 45 heavy (non-hydrogen) atoms. The molecule has 0 bridgehead atoms. The van der Waals surface area contributed by atoms with Crippen molar-refractivity contribution in [1.82, 2.24) is 20.1 Å². The van der Waals surface area contributed by atoms with Gasteiger partial charge in [0.1, 0.15) is 12.1 Å². The minimum absolute atomic E-state index is 0.0329. The summed E-state index contributed by atoms with van der Waals surface area (Å²) in [5, 5.41) is 8.15. The number of carbonyl (C=O) groups excluding carboxylic acids is 1. The molecule has 5 rings (SSSR count). The number of amidine groups is 1. The monoisotopic (exact) mass is 636 g/mol. The van der Waals surface area contributed by atoms with Gasteiger partial charge in [-0.1, -0.05) is 68.9 Å². The Balaban J connectivity index is 1.20. The Kier molecular flexibility index (Phi) is 9.81. The van der Waals surface area contributed by atoms with Crippen LogP contribution in [0.25, 0.3) is 17.1 Å². The van der Waals surface area contributed by atoms with Gasteiger partial charge in [0.05, 0.1) is 5.69 Å². The first-order chi connectivity index (χ1) is 21.5. The number of halogens is 3. The fraction of sp³-hybridized carbons (Fsp3) is 0.333. The van der Waals surface area contributed by atoms with Gasteiger partial charge in [0.15, 0.2) is 11.0 Å². The highest BCUT2D eigenvalue weighted by atomic mass is 32.2. The number of carbonyl (C=O) groups is 1. The number of rotatable bonds is 8. The van der Waals surface area contributed by atoms with Crippen molar-refractivity contribution in [2.75, 3.05) is 23.7 Å². The summed E-state index contributed by atoms with van der Waals surface area (Å²) in [7, 11) is 0. The first-order valence-electron chi connectivity index (χ1n) is 14.7. The van der Waals surface area contributed by atoms with E-state index in [0.29, 0.717) is 24.0 Å². The number of anilines is 1. The number of nitrogens with zero attached hydrogens (tertiary/aromatic N) is 5. The van der Waals surface area contributed by atoms with E-state index in [4.69, 9.17) is 0 Å². The van der Waals surface area contributed by atoms with Gasteiger partial charge >= 0.3 is 12.4 Å². The molecule has 1 aromatic heterocycles. The van der Waals surface area contributed by atoms with E-state index in [1.807, 2.05) is 31.2 Å². The molecule has 0 radical (unpaired) electrons.